The molecule has 0 unspecified atom stereocenters. The summed E-state index contributed by atoms with van der Waals surface area (Å²) in [5.74, 6) is -0.125. The van der Waals surface area contributed by atoms with Crippen molar-refractivity contribution in [1.82, 2.24) is 25.3 Å². The zero-order valence-corrected chi connectivity index (χ0v) is 18.0. The van der Waals surface area contributed by atoms with Crippen LogP contribution in [-0.2, 0) is 0 Å². The minimum atomic E-state index is -0.108. The molecular weight excluding hydrogens is 410 g/mol. The lowest BCUT2D eigenvalue weighted by molar-refractivity contribution is 0.0928. The number of rotatable bonds is 4. The van der Waals surface area contributed by atoms with Crippen molar-refractivity contribution in [3.63, 3.8) is 0 Å². The number of nitrogens with one attached hydrogen (secondary N) is 3. The first kappa shape index (κ1) is 19.7. The molecule has 0 saturated carbocycles. The van der Waals surface area contributed by atoms with Crippen LogP contribution in [0.15, 0.2) is 48.7 Å². The number of fused-ring (bicyclic) bond motifs is 3. The number of hydrogen-bond acceptors (Lipinski definition) is 5. The van der Waals surface area contributed by atoms with Crippen LogP contribution < -0.4 is 16.0 Å². The maximum absolute atomic E-state index is 12.7. The van der Waals surface area contributed by atoms with E-state index in [2.05, 4.69) is 20.4 Å². The largest absolute Gasteiger partial charge is 0.355 e. The van der Waals surface area contributed by atoms with E-state index >= 15 is 0 Å². The molecule has 8 heteroatoms. The van der Waals surface area contributed by atoms with Gasteiger partial charge in [-0.2, -0.15) is 0 Å². The fourth-order valence-electron chi connectivity index (χ4n) is 3.95. The molecule has 4 aromatic rings. The van der Waals surface area contributed by atoms with Gasteiger partial charge in [-0.25, -0.2) is 4.98 Å². The number of amides is 2. The van der Waals surface area contributed by atoms with Crippen LogP contribution in [0.2, 0.25) is 0 Å². The van der Waals surface area contributed by atoms with Gasteiger partial charge in [-0.1, -0.05) is 23.5 Å². The van der Waals surface area contributed by atoms with E-state index in [0.717, 1.165) is 52.4 Å². The van der Waals surface area contributed by atoms with Crippen molar-refractivity contribution in [2.45, 2.75) is 18.9 Å². The molecule has 3 heterocycles. The van der Waals surface area contributed by atoms with Gasteiger partial charge in [0.1, 0.15) is 0 Å². The lowest BCUT2D eigenvalue weighted by Crippen LogP contribution is -2.42. The van der Waals surface area contributed by atoms with E-state index in [1.54, 1.807) is 30.5 Å². The number of hydrogen-bond donors (Lipinski definition) is 3. The Kier molecular flexibility index (Phi) is 5.17. The quantitative estimate of drug-likeness (QED) is 0.462. The van der Waals surface area contributed by atoms with Crippen molar-refractivity contribution in [1.29, 1.82) is 0 Å². The van der Waals surface area contributed by atoms with Gasteiger partial charge in [0, 0.05) is 36.0 Å². The van der Waals surface area contributed by atoms with Crippen LogP contribution in [-0.4, -0.2) is 47.4 Å². The third-order valence-corrected chi connectivity index (χ3v) is 6.72. The maximum Gasteiger partial charge on any atom is 0.251 e. The summed E-state index contributed by atoms with van der Waals surface area (Å²) in [6.45, 7) is 1.89. The molecule has 1 aliphatic rings. The van der Waals surface area contributed by atoms with Gasteiger partial charge >= 0.3 is 0 Å². The maximum atomic E-state index is 12.7. The number of aromatic nitrogens is 2. The molecule has 1 aliphatic heterocycles. The lowest BCUT2D eigenvalue weighted by atomic mass is 10.1. The lowest BCUT2D eigenvalue weighted by Gasteiger charge is -2.23. The molecule has 158 valence electrons. The van der Waals surface area contributed by atoms with Crippen molar-refractivity contribution in [3.05, 3.63) is 59.8 Å². The molecule has 0 atom stereocenters. The molecule has 2 aromatic heterocycles. The minimum Gasteiger partial charge on any atom is -0.355 e. The molecular formula is C23H23N5O2S. The highest BCUT2D eigenvalue weighted by Gasteiger charge is 2.18. The predicted octanol–water partition coefficient (Wildman–Crippen LogP) is 3.06. The highest BCUT2D eigenvalue weighted by molar-refractivity contribution is 7.23. The van der Waals surface area contributed by atoms with Crippen molar-refractivity contribution in [3.8, 4) is 11.3 Å². The third-order valence-electron chi connectivity index (χ3n) is 5.70. The van der Waals surface area contributed by atoms with Gasteiger partial charge in [0.05, 0.1) is 15.9 Å². The molecule has 3 N–H and O–H groups in total. The standard InChI is InChI=1S/C23H23N5O2S/c1-24-21(29)15-4-2-14(3-5-15)18-13-28-19-7-6-16(12-20(19)31-23(28)27-18)22(30)26-17-8-10-25-11-9-17/h2-7,12-13,17,25H,8-11H2,1H3,(H,24,29)(H,26,30). The number of carbonyl (C=O) groups is 2. The summed E-state index contributed by atoms with van der Waals surface area (Å²) in [4.78, 5) is 30.0. The molecule has 5 rings (SSSR count). The molecule has 7 nitrogen and oxygen atoms in total. The second-order valence-corrected chi connectivity index (χ2v) is 8.73. The first-order valence-electron chi connectivity index (χ1n) is 10.4. The van der Waals surface area contributed by atoms with Crippen LogP contribution >= 0.6 is 11.3 Å². The van der Waals surface area contributed by atoms with E-state index in [-0.39, 0.29) is 17.9 Å². The average Bonchev–Trinajstić information content (AvgIpc) is 3.37. The van der Waals surface area contributed by atoms with Gasteiger partial charge in [0.2, 0.25) is 0 Å². The first-order chi connectivity index (χ1) is 15.1. The number of benzene rings is 2. The van der Waals surface area contributed by atoms with Crippen molar-refractivity contribution in [2.24, 2.45) is 0 Å². The van der Waals surface area contributed by atoms with E-state index in [1.165, 1.54) is 0 Å². The minimum absolute atomic E-state index is 0.0169. The second kappa shape index (κ2) is 8.13. The summed E-state index contributed by atoms with van der Waals surface area (Å²) in [6.07, 6.45) is 3.93. The van der Waals surface area contributed by atoms with Gasteiger partial charge in [-0.15, -0.1) is 0 Å². The molecule has 2 amide bonds. The van der Waals surface area contributed by atoms with E-state index in [9.17, 15) is 9.59 Å². The predicted molar refractivity (Wildman–Crippen MR) is 123 cm³/mol. The number of thiazole rings is 1. The van der Waals surface area contributed by atoms with Crippen LogP contribution in [0, 0.1) is 0 Å². The van der Waals surface area contributed by atoms with Crippen LogP contribution in [0.3, 0.4) is 0 Å². The summed E-state index contributed by atoms with van der Waals surface area (Å²) >= 11 is 1.56. The number of nitrogens with zero attached hydrogens (tertiary/aromatic N) is 2. The fraction of sp³-hybridized carbons (Fsp3) is 0.261. The van der Waals surface area contributed by atoms with Gasteiger partial charge in [0.25, 0.3) is 11.8 Å². The molecule has 0 radical (unpaired) electrons. The number of carbonyl (C=O) groups excluding carboxylic acids is 2. The number of piperidine rings is 1. The Balaban J connectivity index is 1.40. The van der Waals surface area contributed by atoms with Crippen molar-refractivity contribution < 1.29 is 9.59 Å². The summed E-state index contributed by atoms with van der Waals surface area (Å²) in [7, 11) is 1.62. The van der Waals surface area contributed by atoms with Gasteiger partial charge < -0.3 is 16.0 Å². The Hall–Kier alpha value is -3.23. The smallest absolute Gasteiger partial charge is 0.251 e. The Labute approximate surface area is 183 Å². The molecule has 0 aliphatic carbocycles. The van der Waals surface area contributed by atoms with Crippen LogP contribution in [0.5, 0.6) is 0 Å². The van der Waals surface area contributed by atoms with E-state index in [1.807, 2.05) is 36.5 Å². The Morgan fingerprint density at radius 2 is 1.81 bits per heavy atom. The zero-order valence-electron chi connectivity index (χ0n) is 17.1. The fourth-order valence-corrected chi connectivity index (χ4v) is 5.00. The van der Waals surface area contributed by atoms with Crippen molar-refractivity contribution >= 4 is 38.3 Å². The van der Waals surface area contributed by atoms with Crippen molar-refractivity contribution in [2.75, 3.05) is 20.1 Å². The van der Waals surface area contributed by atoms with E-state index in [0.29, 0.717) is 11.1 Å². The van der Waals surface area contributed by atoms with Crippen LogP contribution in [0.4, 0.5) is 0 Å². The third kappa shape index (κ3) is 3.80. The highest BCUT2D eigenvalue weighted by atomic mass is 32.1. The Morgan fingerprint density at radius 3 is 2.55 bits per heavy atom. The van der Waals surface area contributed by atoms with Gasteiger partial charge in [-0.05, 0) is 56.3 Å². The summed E-state index contributed by atoms with van der Waals surface area (Å²) < 4.78 is 3.08. The van der Waals surface area contributed by atoms with E-state index in [4.69, 9.17) is 4.98 Å². The van der Waals surface area contributed by atoms with Crippen LogP contribution in [0.25, 0.3) is 26.4 Å². The molecule has 0 bridgehead atoms. The highest BCUT2D eigenvalue weighted by Crippen LogP contribution is 2.30. The van der Waals surface area contributed by atoms with Gasteiger partial charge in [0.15, 0.2) is 4.96 Å². The Morgan fingerprint density at radius 1 is 1.06 bits per heavy atom. The summed E-state index contributed by atoms with van der Waals surface area (Å²) in [5.41, 5.74) is 4.13. The topological polar surface area (TPSA) is 87.5 Å². The average molecular weight is 434 g/mol. The van der Waals surface area contributed by atoms with E-state index < -0.39 is 0 Å². The first-order valence-corrected chi connectivity index (χ1v) is 11.2. The normalized spacial score (nSPS) is 14.7. The zero-order chi connectivity index (χ0) is 21.4. The second-order valence-electron chi connectivity index (χ2n) is 7.72. The molecule has 1 saturated heterocycles. The number of imidazole rings is 1. The molecule has 1 fully saturated rings. The summed E-state index contributed by atoms with van der Waals surface area (Å²) in [6, 6.07) is 13.5. The SMILES string of the molecule is CNC(=O)c1ccc(-c2cn3c(n2)sc2cc(C(=O)NC4CCNCC4)ccc23)cc1. The molecule has 0 spiro atoms. The summed E-state index contributed by atoms with van der Waals surface area (Å²) in [5, 5.41) is 9.09. The Bertz CT molecular complexity index is 1270. The molecule has 31 heavy (non-hydrogen) atoms. The monoisotopic (exact) mass is 433 g/mol. The van der Waals surface area contributed by atoms with Crippen LogP contribution in [0.1, 0.15) is 33.6 Å². The van der Waals surface area contributed by atoms with Gasteiger partial charge in [-0.3, -0.25) is 14.0 Å². The molecule has 2 aromatic carbocycles.